The van der Waals surface area contributed by atoms with Gasteiger partial charge in [-0.3, -0.25) is 4.57 Å². The number of rotatable bonds is 2. The first-order chi connectivity index (χ1) is 15.9. The smallest absolute Gasteiger partial charge is 0.235 e. The maximum absolute atomic E-state index is 5.16. The Kier molecular flexibility index (Phi) is 3.72. The lowest BCUT2D eigenvalue weighted by Gasteiger charge is -2.11. The maximum Gasteiger partial charge on any atom is 0.235 e. The van der Waals surface area contributed by atoms with Crippen molar-refractivity contribution in [1.29, 1.82) is 0 Å². The highest BCUT2D eigenvalue weighted by Crippen LogP contribution is 2.42. The molecule has 0 atom stereocenters. The van der Waals surface area contributed by atoms with Crippen LogP contribution in [0.1, 0.15) is 0 Å². The summed E-state index contributed by atoms with van der Waals surface area (Å²) in [5.74, 6) is 0.706. The normalized spacial score (nSPS) is 11.8. The van der Waals surface area contributed by atoms with E-state index in [0.717, 1.165) is 27.7 Å². The van der Waals surface area contributed by atoms with Gasteiger partial charge in [-0.1, -0.05) is 84.9 Å². The highest BCUT2D eigenvalue weighted by Gasteiger charge is 2.20. The first kappa shape index (κ1) is 17.6. The molecule has 7 aromatic rings. The summed E-state index contributed by atoms with van der Waals surface area (Å²) in [4.78, 5) is 10.2. The van der Waals surface area contributed by atoms with Gasteiger partial charge in [-0.05, 0) is 18.2 Å². The lowest BCUT2D eigenvalue weighted by molar-refractivity contribution is 1.02. The summed E-state index contributed by atoms with van der Waals surface area (Å²) < 4.78 is 4.79. The fourth-order valence-electron chi connectivity index (χ4n) is 4.61. The number of hydrogen-bond donors (Lipinski definition) is 0. The van der Waals surface area contributed by atoms with Crippen molar-refractivity contribution in [3.63, 3.8) is 0 Å². The summed E-state index contributed by atoms with van der Waals surface area (Å²) in [5, 5.41) is 3.54. The van der Waals surface area contributed by atoms with Crippen molar-refractivity contribution in [3.05, 3.63) is 103 Å². The van der Waals surface area contributed by atoms with Gasteiger partial charge in [0.2, 0.25) is 5.95 Å². The topological polar surface area (TPSA) is 30.7 Å². The SMILES string of the molecule is c1ccc(-c2nc(-n3c4ccccc4c4sc5ccccc5c43)nc3ccccc23)cc1. The van der Waals surface area contributed by atoms with E-state index in [1.54, 1.807) is 0 Å². The lowest BCUT2D eigenvalue weighted by atomic mass is 10.1. The van der Waals surface area contributed by atoms with Crippen molar-refractivity contribution in [2.75, 3.05) is 0 Å². The molecule has 0 fully saturated rings. The Labute approximate surface area is 188 Å². The zero-order chi connectivity index (χ0) is 21.1. The molecule has 0 N–H and O–H groups in total. The number of benzene rings is 4. The monoisotopic (exact) mass is 427 g/mol. The molecule has 0 spiro atoms. The van der Waals surface area contributed by atoms with Crippen LogP contribution in [0.25, 0.3) is 59.3 Å². The first-order valence-electron chi connectivity index (χ1n) is 10.6. The Bertz CT molecular complexity index is 1770. The third-order valence-electron chi connectivity index (χ3n) is 6.02. The molecule has 150 valence electrons. The summed E-state index contributed by atoms with van der Waals surface area (Å²) in [6, 6.07) is 35.8. The third-order valence-corrected chi connectivity index (χ3v) is 7.21. The fraction of sp³-hybridized carbons (Fsp3) is 0. The number of para-hydroxylation sites is 2. The Balaban J connectivity index is 1.66. The van der Waals surface area contributed by atoms with Crippen LogP contribution in [-0.4, -0.2) is 14.5 Å². The zero-order valence-corrected chi connectivity index (χ0v) is 17.9. The largest absolute Gasteiger partial charge is 0.276 e. The number of fused-ring (bicyclic) bond motifs is 6. The minimum absolute atomic E-state index is 0.706. The molecule has 0 saturated heterocycles. The molecule has 0 radical (unpaired) electrons. The molecule has 4 aromatic carbocycles. The molecule has 0 unspecified atom stereocenters. The molecule has 7 rings (SSSR count). The Hall–Kier alpha value is -4.02. The van der Waals surface area contributed by atoms with Crippen molar-refractivity contribution in [1.82, 2.24) is 14.5 Å². The van der Waals surface area contributed by atoms with Gasteiger partial charge in [-0.15, -0.1) is 11.3 Å². The molecule has 0 aliphatic heterocycles. The molecule has 0 bridgehead atoms. The summed E-state index contributed by atoms with van der Waals surface area (Å²) in [6.07, 6.45) is 0. The van der Waals surface area contributed by atoms with Crippen LogP contribution < -0.4 is 0 Å². The highest BCUT2D eigenvalue weighted by atomic mass is 32.1. The number of hydrogen-bond acceptors (Lipinski definition) is 3. The van der Waals surface area contributed by atoms with Crippen LogP contribution in [0, 0.1) is 0 Å². The van der Waals surface area contributed by atoms with Crippen molar-refractivity contribution in [2.45, 2.75) is 0 Å². The van der Waals surface area contributed by atoms with Gasteiger partial charge in [0.25, 0.3) is 0 Å². The third kappa shape index (κ3) is 2.47. The number of nitrogens with zero attached hydrogens (tertiary/aromatic N) is 3. The van der Waals surface area contributed by atoms with E-state index >= 15 is 0 Å². The van der Waals surface area contributed by atoms with Gasteiger partial charge in [0.05, 0.1) is 26.9 Å². The van der Waals surface area contributed by atoms with E-state index in [1.165, 1.54) is 25.7 Å². The molecule has 0 saturated carbocycles. The van der Waals surface area contributed by atoms with Crippen molar-refractivity contribution >= 4 is 53.4 Å². The van der Waals surface area contributed by atoms with E-state index in [4.69, 9.17) is 9.97 Å². The summed E-state index contributed by atoms with van der Waals surface area (Å²) in [6.45, 7) is 0. The zero-order valence-electron chi connectivity index (χ0n) is 17.1. The van der Waals surface area contributed by atoms with E-state index in [9.17, 15) is 0 Å². The Morgan fingerprint density at radius 3 is 2.16 bits per heavy atom. The Morgan fingerprint density at radius 1 is 0.594 bits per heavy atom. The average molecular weight is 428 g/mol. The molecule has 0 amide bonds. The summed E-state index contributed by atoms with van der Waals surface area (Å²) in [7, 11) is 0. The molecule has 4 heteroatoms. The van der Waals surface area contributed by atoms with Crippen LogP contribution in [0.4, 0.5) is 0 Å². The molecule has 32 heavy (non-hydrogen) atoms. The second kappa shape index (κ2) is 6.74. The number of thiophene rings is 1. The molecular weight excluding hydrogens is 410 g/mol. The van der Waals surface area contributed by atoms with E-state index in [0.29, 0.717) is 5.95 Å². The highest BCUT2D eigenvalue weighted by molar-refractivity contribution is 7.26. The van der Waals surface area contributed by atoms with Crippen molar-refractivity contribution in [3.8, 4) is 17.2 Å². The fourth-order valence-corrected chi connectivity index (χ4v) is 5.83. The Morgan fingerprint density at radius 2 is 1.28 bits per heavy atom. The quantitative estimate of drug-likeness (QED) is 0.284. The van der Waals surface area contributed by atoms with E-state index in [2.05, 4.69) is 89.5 Å². The molecule has 3 heterocycles. The van der Waals surface area contributed by atoms with E-state index < -0.39 is 0 Å². The van der Waals surface area contributed by atoms with Gasteiger partial charge in [0.1, 0.15) is 0 Å². The van der Waals surface area contributed by atoms with Gasteiger partial charge >= 0.3 is 0 Å². The van der Waals surface area contributed by atoms with Gasteiger partial charge in [-0.2, -0.15) is 0 Å². The molecule has 3 aromatic heterocycles. The van der Waals surface area contributed by atoms with Gasteiger partial charge in [-0.25, -0.2) is 9.97 Å². The molecule has 0 aliphatic rings. The lowest BCUT2D eigenvalue weighted by Crippen LogP contribution is -2.03. The predicted octanol–water partition coefficient (Wildman–Crippen LogP) is 7.61. The van der Waals surface area contributed by atoms with Crippen molar-refractivity contribution in [2.24, 2.45) is 0 Å². The van der Waals surface area contributed by atoms with Crippen LogP contribution >= 0.6 is 11.3 Å². The van der Waals surface area contributed by atoms with Gasteiger partial charge in [0.15, 0.2) is 0 Å². The minimum Gasteiger partial charge on any atom is -0.276 e. The van der Waals surface area contributed by atoms with Crippen LogP contribution in [0.5, 0.6) is 0 Å². The van der Waals surface area contributed by atoms with Gasteiger partial charge < -0.3 is 0 Å². The molecule has 3 nitrogen and oxygen atoms in total. The predicted molar refractivity (Wildman–Crippen MR) is 135 cm³/mol. The summed E-state index contributed by atoms with van der Waals surface area (Å²) in [5.41, 5.74) is 5.31. The van der Waals surface area contributed by atoms with E-state index in [-0.39, 0.29) is 0 Å². The minimum atomic E-state index is 0.706. The van der Waals surface area contributed by atoms with Crippen LogP contribution in [0.15, 0.2) is 103 Å². The van der Waals surface area contributed by atoms with Gasteiger partial charge in [0, 0.05) is 26.4 Å². The average Bonchev–Trinajstić information content (AvgIpc) is 3.39. The summed E-state index contributed by atoms with van der Waals surface area (Å²) >= 11 is 1.83. The van der Waals surface area contributed by atoms with Crippen LogP contribution in [0.2, 0.25) is 0 Å². The molecular formula is C28H17N3S. The van der Waals surface area contributed by atoms with E-state index in [1.807, 2.05) is 29.5 Å². The second-order valence-corrected chi connectivity index (χ2v) is 8.94. The number of aromatic nitrogens is 3. The molecule has 0 aliphatic carbocycles. The maximum atomic E-state index is 5.16. The van der Waals surface area contributed by atoms with Crippen LogP contribution in [0.3, 0.4) is 0 Å². The van der Waals surface area contributed by atoms with Crippen molar-refractivity contribution < 1.29 is 0 Å². The van der Waals surface area contributed by atoms with Crippen LogP contribution in [-0.2, 0) is 0 Å². The standard InChI is InChI=1S/C28H17N3S/c1-2-10-18(11-3-1)25-19-12-4-7-15-22(19)29-28(30-25)31-23-16-8-5-13-20(23)27-26(31)21-14-6-9-17-24(21)32-27/h1-17H. The first-order valence-corrected chi connectivity index (χ1v) is 11.4. The second-order valence-electron chi connectivity index (χ2n) is 7.88.